The summed E-state index contributed by atoms with van der Waals surface area (Å²) in [6, 6.07) is 0. The number of aryl methyl sites for hydroxylation is 1. The molecule has 2 nitrogen and oxygen atoms in total. The lowest BCUT2D eigenvalue weighted by Gasteiger charge is -1.99. The third-order valence-electron chi connectivity index (χ3n) is 0.928. The van der Waals surface area contributed by atoms with E-state index >= 15 is 0 Å². The lowest BCUT2D eigenvalue weighted by atomic mass is 10.6. The van der Waals surface area contributed by atoms with Crippen molar-refractivity contribution in [2.24, 2.45) is 4.99 Å². The number of thiazole rings is 1. The van der Waals surface area contributed by atoms with E-state index in [-0.39, 0.29) is 0 Å². The van der Waals surface area contributed by atoms with Gasteiger partial charge in [-0.15, -0.1) is 11.3 Å². The van der Waals surface area contributed by atoms with Crippen LogP contribution < -0.4 is 0 Å². The molecular weight excluding hydrogens is 239 g/mol. The maximum absolute atomic E-state index is 5.45. The van der Waals surface area contributed by atoms with Gasteiger partial charge in [0.05, 0.1) is 11.9 Å². The van der Waals surface area contributed by atoms with Gasteiger partial charge in [-0.25, -0.2) is 9.98 Å². The molecule has 0 bridgehead atoms. The van der Waals surface area contributed by atoms with Gasteiger partial charge in [-0.3, -0.25) is 0 Å². The number of hydrogen-bond acceptors (Lipinski definition) is 3. The van der Waals surface area contributed by atoms with Crippen molar-refractivity contribution in [2.45, 2.75) is 10.7 Å². The highest BCUT2D eigenvalue weighted by Gasteiger charge is 2.15. The molecule has 1 rings (SSSR count). The Hall–Kier alpha value is 0.170. The molecule has 0 radical (unpaired) electrons. The van der Waals surface area contributed by atoms with Gasteiger partial charge in [0.1, 0.15) is 0 Å². The molecule has 1 heterocycles. The second kappa shape index (κ2) is 3.92. The SMILES string of the molecule is Cc1csc(N=CC(Cl)(Cl)Cl)n1. The predicted molar refractivity (Wildman–Crippen MR) is 55.3 cm³/mol. The minimum Gasteiger partial charge on any atom is -0.228 e. The van der Waals surface area contributed by atoms with Crippen LogP contribution in [0.25, 0.3) is 0 Å². The van der Waals surface area contributed by atoms with Crippen molar-refractivity contribution in [1.82, 2.24) is 4.98 Å². The van der Waals surface area contributed by atoms with Crippen LogP contribution in [0.1, 0.15) is 5.69 Å². The van der Waals surface area contributed by atoms with Crippen LogP contribution in [0.3, 0.4) is 0 Å². The smallest absolute Gasteiger partial charge is 0.226 e. The number of rotatable bonds is 1. The van der Waals surface area contributed by atoms with E-state index in [0.717, 1.165) is 5.69 Å². The fourth-order valence-corrected chi connectivity index (χ4v) is 1.31. The molecule has 12 heavy (non-hydrogen) atoms. The maximum Gasteiger partial charge on any atom is 0.226 e. The van der Waals surface area contributed by atoms with Crippen molar-refractivity contribution in [3.05, 3.63) is 11.1 Å². The van der Waals surface area contributed by atoms with E-state index in [1.165, 1.54) is 17.6 Å². The van der Waals surface area contributed by atoms with Crippen LogP contribution >= 0.6 is 46.1 Å². The summed E-state index contributed by atoms with van der Waals surface area (Å²) in [5.41, 5.74) is 0.913. The van der Waals surface area contributed by atoms with Gasteiger partial charge in [-0.1, -0.05) is 34.8 Å². The average Bonchev–Trinajstić information content (AvgIpc) is 2.30. The van der Waals surface area contributed by atoms with Crippen molar-refractivity contribution in [1.29, 1.82) is 0 Å². The zero-order chi connectivity index (χ0) is 9.19. The molecule has 0 aliphatic heterocycles. The zero-order valence-electron chi connectivity index (χ0n) is 6.09. The molecule has 1 aromatic rings. The molecular formula is C6H5Cl3N2S. The first-order chi connectivity index (χ1) is 5.47. The van der Waals surface area contributed by atoms with E-state index < -0.39 is 3.79 Å². The number of aromatic nitrogens is 1. The quantitative estimate of drug-likeness (QED) is 0.547. The van der Waals surface area contributed by atoms with Crippen LogP contribution in [-0.4, -0.2) is 15.0 Å². The van der Waals surface area contributed by atoms with Crippen molar-refractivity contribution in [3.63, 3.8) is 0 Å². The van der Waals surface area contributed by atoms with E-state index in [1.807, 2.05) is 12.3 Å². The lowest BCUT2D eigenvalue weighted by molar-refractivity contribution is 1.24. The normalized spacial score (nSPS) is 12.7. The van der Waals surface area contributed by atoms with Crippen molar-refractivity contribution < 1.29 is 0 Å². The fraction of sp³-hybridized carbons (Fsp3) is 0.333. The maximum atomic E-state index is 5.45. The van der Waals surface area contributed by atoms with Gasteiger partial charge in [0.15, 0.2) is 0 Å². The number of hydrogen-bond donors (Lipinski definition) is 0. The molecule has 0 spiro atoms. The topological polar surface area (TPSA) is 25.2 Å². The summed E-state index contributed by atoms with van der Waals surface area (Å²) in [5.74, 6) is 0. The Labute approximate surface area is 89.2 Å². The number of alkyl halides is 3. The van der Waals surface area contributed by atoms with Crippen LogP contribution in [-0.2, 0) is 0 Å². The molecule has 6 heteroatoms. The Balaban J connectivity index is 2.70. The van der Waals surface area contributed by atoms with Gasteiger partial charge in [0.25, 0.3) is 0 Å². The van der Waals surface area contributed by atoms with Crippen LogP contribution in [0.15, 0.2) is 10.4 Å². The minimum absolute atomic E-state index is 0.596. The minimum atomic E-state index is -1.44. The fourth-order valence-electron chi connectivity index (χ4n) is 0.529. The monoisotopic (exact) mass is 242 g/mol. The summed E-state index contributed by atoms with van der Waals surface area (Å²) in [7, 11) is 0. The van der Waals surface area contributed by atoms with E-state index in [0.29, 0.717) is 5.13 Å². The van der Waals surface area contributed by atoms with Gasteiger partial charge in [-0.05, 0) is 6.92 Å². The van der Waals surface area contributed by atoms with Crippen LogP contribution in [0, 0.1) is 6.92 Å². The van der Waals surface area contributed by atoms with Gasteiger partial charge >= 0.3 is 0 Å². The summed E-state index contributed by atoms with van der Waals surface area (Å²) < 4.78 is -1.44. The Morgan fingerprint density at radius 2 is 2.25 bits per heavy atom. The highest BCUT2D eigenvalue weighted by atomic mass is 35.6. The van der Waals surface area contributed by atoms with Gasteiger partial charge in [0, 0.05) is 5.38 Å². The van der Waals surface area contributed by atoms with Crippen LogP contribution in [0.2, 0.25) is 0 Å². The highest BCUT2D eigenvalue weighted by Crippen LogP contribution is 2.25. The molecule has 0 unspecified atom stereocenters. The molecule has 0 aromatic carbocycles. The molecule has 0 saturated heterocycles. The Morgan fingerprint density at radius 1 is 1.58 bits per heavy atom. The summed E-state index contributed by atoms with van der Waals surface area (Å²) in [6.45, 7) is 1.88. The second-order valence-electron chi connectivity index (χ2n) is 2.07. The molecule has 66 valence electrons. The summed E-state index contributed by atoms with van der Waals surface area (Å²) in [4.78, 5) is 7.94. The molecule has 0 aliphatic carbocycles. The summed E-state index contributed by atoms with van der Waals surface area (Å²) in [6.07, 6.45) is 1.23. The number of halogens is 3. The first kappa shape index (κ1) is 10.3. The van der Waals surface area contributed by atoms with E-state index in [1.54, 1.807) is 0 Å². The van der Waals surface area contributed by atoms with E-state index in [2.05, 4.69) is 9.98 Å². The molecule has 0 atom stereocenters. The van der Waals surface area contributed by atoms with Crippen molar-refractivity contribution >= 4 is 57.5 Å². The lowest BCUT2D eigenvalue weighted by Crippen LogP contribution is -2.01. The molecule has 0 N–H and O–H groups in total. The predicted octanol–water partition coefficient (Wildman–Crippen LogP) is 3.52. The summed E-state index contributed by atoms with van der Waals surface area (Å²) >= 11 is 17.8. The summed E-state index contributed by atoms with van der Waals surface area (Å²) in [5, 5.41) is 2.48. The molecule has 0 saturated carbocycles. The van der Waals surface area contributed by atoms with Crippen molar-refractivity contribution in [2.75, 3.05) is 0 Å². The van der Waals surface area contributed by atoms with Gasteiger partial charge in [0.2, 0.25) is 8.92 Å². The highest BCUT2D eigenvalue weighted by molar-refractivity contribution is 7.13. The van der Waals surface area contributed by atoms with Gasteiger partial charge < -0.3 is 0 Å². The zero-order valence-corrected chi connectivity index (χ0v) is 9.18. The van der Waals surface area contributed by atoms with E-state index in [9.17, 15) is 0 Å². The number of nitrogens with zero attached hydrogens (tertiary/aromatic N) is 2. The Bertz CT molecular complexity index is 289. The van der Waals surface area contributed by atoms with Crippen LogP contribution in [0.5, 0.6) is 0 Å². The molecule has 1 aromatic heterocycles. The van der Waals surface area contributed by atoms with E-state index in [4.69, 9.17) is 34.8 Å². The first-order valence-corrected chi connectivity index (χ1v) is 5.03. The Kier molecular flexibility index (Phi) is 3.35. The molecule has 0 fully saturated rings. The van der Waals surface area contributed by atoms with Gasteiger partial charge in [-0.2, -0.15) is 0 Å². The molecule has 0 amide bonds. The largest absolute Gasteiger partial charge is 0.228 e. The third-order valence-corrected chi connectivity index (χ3v) is 2.09. The second-order valence-corrected chi connectivity index (χ2v) is 5.28. The first-order valence-electron chi connectivity index (χ1n) is 3.01. The standard InChI is InChI=1S/C6H5Cl3N2S/c1-4-2-12-5(11-4)10-3-6(7,8)9/h2-3H,1H3. The Morgan fingerprint density at radius 3 is 2.67 bits per heavy atom. The van der Waals surface area contributed by atoms with Crippen LogP contribution in [0.4, 0.5) is 5.13 Å². The number of aliphatic imine (C=N–C) groups is 1. The van der Waals surface area contributed by atoms with Crippen molar-refractivity contribution in [3.8, 4) is 0 Å². The molecule has 0 aliphatic rings. The third kappa shape index (κ3) is 3.72. The average molecular weight is 244 g/mol.